The zero-order chi connectivity index (χ0) is 12.3. The standard InChI is InChI=1S/C14H18O2S/c1-2-17-13-10-14(16,9-8-12(13)15)11-6-4-3-5-7-11/h3-7,13,16H,2,8-10H2,1H3. The van der Waals surface area contributed by atoms with Crippen LogP contribution in [0, 0.1) is 0 Å². The van der Waals surface area contributed by atoms with E-state index in [4.69, 9.17) is 0 Å². The lowest BCUT2D eigenvalue weighted by Crippen LogP contribution is -2.39. The summed E-state index contributed by atoms with van der Waals surface area (Å²) in [7, 11) is 0. The van der Waals surface area contributed by atoms with Gasteiger partial charge in [-0.15, -0.1) is 0 Å². The molecular formula is C14H18O2S. The average molecular weight is 250 g/mol. The minimum atomic E-state index is -0.817. The molecule has 2 atom stereocenters. The highest BCUT2D eigenvalue weighted by Gasteiger charge is 2.39. The van der Waals surface area contributed by atoms with Gasteiger partial charge in [-0.05, 0) is 24.2 Å². The summed E-state index contributed by atoms with van der Waals surface area (Å²) in [5.74, 6) is 1.21. The van der Waals surface area contributed by atoms with Gasteiger partial charge >= 0.3 is 0 Å². The van der Waals surface area contributed by atoms with E-state index in [-0.39, 0.29) is 11.0 Å². The Morgan fingerprint density at radius 1 is 1.41 bits per heavy atom. The van der Waals surface area contributed by atoms with Gasteiger partial charge in [0, 0.05) is 6.42 Å². The second-order valence-corrected chi connectivity index (χ2v) is 5.99. The van der Waals surface area contributed by atoms with Crippen molar-refractivity contribution in [2.45, 2.75) is 37.0 Å². The third-order valence-electron chi connectivity index (χ3n) is 3.35. The fourth-order valence-corrected chi connectivity index (χ4v) is 3.48. The highest BCUT2D eigenvalue weighted by molar-refractivity contribution is 8.00. The molecule has 2 unspecified atom stereocenters. The van der Waals surface area contributed by atoms with Crippen LogP contribution in [0.1, 0.15) is 31.7 Å². The van der Waals surface area contributed by atoms with Gasteiger partial charge in [-0.2, -0.15) is 11.8 Å². The molecule has 17 heavy (non-hydrogen) atoms. The third kappa shape index (κ3) is 2.72. The van der Waals surface area contributed by atoms with Gasteiger partial charge in [0.05, 0.1) is 10.9 Å². The van der Waals surface area contributed by atoms with Crippen LogP contribution in [0.25, 0.3) is 0 Å². The largest absolute Gasteiger partial charge is 0.385 e. The van der Waals surface area contributed by atoms with E-state index in [0.29, 0.717) is 19.3 Å². The lowest BCUT2D eigenvalue weighted by molar-refractivity contribution is -0.125. The molecule has 3 heteroatoms. The zero-order valence-electron chi connectivity index (χ0n) is 10.1. The highest BCUT2D eigenvalue weighted by atomic mass is 32.2. The monoisotopic (exact) mass is 250 g/mol. The van der Waals surface area contributed by atoms with Gasteiger partial charge in [0.15, 0.2) is 0 Å². The number of hydrogen-bond acceptors (Lipinski definition) is 3. The zero-order valence-corrected chi connectivity index (χ0v) is 10.9. The lowest BCUT2D eigenvalue weighted by Gasteiger charge is -2.36. The van der Waals surface area contributed by atoms with Crippen LogP contribution in [-0.4, -0.2) is 21.9 Å². The van der Waals surface area contributed by atoms with E-state index < -0.39 is 5.60 Å². The van der Waals surface area contributed by atoms with E-state index in [1.807, 2.05) is 37.3 Å². The predicted octanol–water partition coefficient (Wildman–Crippen LogP) is 2.75. The van der Waals surface area contributed by atoms with Gasteiger partial charge in [0.2, 0.25) is 0 Å². The van der Waals surface area contributed by atoms with Crippen LogP contribution >= 0.6 is 11.8 Å². The summed E-state index contributed by atoms with van der Waals surface area (Å²) in [5.41, 5.74) is 0.122. The number of carbonyl (C=O) groups excluding carboxylic acids is 1. The van der Waals surface area contributed by atoms with Crippen molar-refractivity contribution in [1.82, 2.24) is 0 Å². The van der Waals surface area contributed by atoms with Crippen molar-refractivity contribution >= 4 is 17.5 Å². The van der Waals surface area contributed by atoms with Gasteiger partial charge in [-0.25, -0.2) is 0 Å². The van der Waals surface area contributed by atoms with Crippen LogP contribution in [0.5, 0.6) is 0 Å². The molecule has 0 spiro atoms. The molecule has 1 aromatic carbocycles. The molecule has 2 rings (SSSR count). The van der Waals surface area contributed by atoms with Gasteiger partial charge in [0.25, 0.3) is 0 Å². The molecule has 1 N–H and O–H groups in total. The maximum Gasteiger partial charge on any atom is 0.146 e. The molecule has 92 valence electrons. The Hall–Kier alpha value is -0.800. The molecule has 1 aliphatic carbocycles. The van der Waals surface area contributed by atoms with Crippen LogP contribution in [0.2, 0.25) is 0 Å². The minimum Gasteiger partial charge on any atom is -0.385 e. The van der Waals surface area contributed by atoms with Crippen molar-refractivity contribution < 1.29 is 9.90 Å². The van der Waals surface area contributed by atoms with Crippen molar-refractivity contribution in [3.05, 3.63) is 35.9 Å². The Balaban J connectivity index is 2.19. The fraction of sp³-hybridized carbons (Fsp3) is 0.500. The summed E-state index contributed by atoms with van der Waals surface area (Å²) in [6.45, 7) is 2.05. The molecule has 0 aromatic heterocycles. The van der Waals surface area contributed by atoms with E-state index in [0.717, 1.165) is 11.3 Å². The Labute approximate surface area is 106 Å². The molecule has 1 saturated carbocycles. The van der Waals surface area contributed by atoms with Crippen LogP contribution in [0.15, 0.2) is 30.3 Å². The fourth-order valence-electron chi connectivity index (χ4n) is 2.38. The molecule has 1 fully saturated rings. The highest BCUT2D eigenvalue weighted by Crippen LogP contribution is 2.39. The Morgan fingerprint density at radius 3 is 2.76 bits per heavy atom. The third-order valence-corrected chi connectivity index (χ3v) is 4.51. The van der Waals surface area contributed by atoms with Crippen molar-refractivity contribution in [3.63, 3.8) is 0 Å². The van der Waals surface area contributed by atoms with Gasteiger partial charge in [-0.3, -0.25) is 4.79 Å². The first-order valence-corrected chi connectivity index (χ1v) is 7.13. The summed E-state index contributed by atoms with van der Waals surface area (Å²) < 4.78 is 0. The lowest BCUT2D eigenvalue weighted by atomic mass is 9.79. The number of ketones is 1. The molecule has 0 amide bonds. The molecule has 1 aliphatic rings. The number of Topliss-reactive ketones (excluding diaryl/α,β-unsaturated/α-hetero) is 1. The first kappa shape index (κ1) is 12.7. The molecule has 0 bridgehead atoms. The molecule has 0 radical (unpaired) electrons. The number of benzene rings is 1. The van der Waals surface area contributed by atoms with E-state index in [2.05, 4.69) is 0 Å². The summed E-state index contributed by atoms with van der Waals surface area (Å²) in [4.78, 5) is 11.8. The van der Waals surface area contributed by atoms with E-state index in [1.165, 1.54) is 0 Å². The van der Waals surface area contributed by atoms with Gasteiger partial charge in [0.1, 0.15) is 5.78 Å². The SMILES string of the molecule is CCSC1CC(O)(c2ccccc2)CCC1=O. The van der Waals surface area contributed by atoms with E-state index in [1.54, 1.807) is 11.8 Å². The number of thioether (sulfide) groups is 1. The summed E-state index contributed by atoms with van der Waals surface area (Å²) in [5, 5.41) is 10.6. The topological polar surface area (TPSA) is 37.3 Å². The van der Waals surface area contributed by atoms with Crippen LogP contribution < -0.4 is 0 Å². The Morgan fingerprint density at radius 2 is 2.12 bits per heavy atom. The first-order chi connectivity index (χ1) is 8.15. The normalized spacial score (nSPS) is 29.3. The maximum atomic E-state index is 11.8. The predicted molar refractivity (Wildman–Crippen MR) is 71.1 cm³/mol. The Kier molecular flexibility index (Phi) is 3.89. The maximum absolute atomic E-state index is 11.8. The summed E-state index contributed by atoms with van der Waals surface area (Å²) >= 11 is 1.65. The smallest absolute Gasteiger partial charge is 0.146 e. The van der Waals surface area contributed by atoms with Gasteiger partial charge < -0.3 is 5.11 Å². The second kappa shape index (κ2) is 5.23. The summed E-state index contributed by atoms with van der Waals surface area (Å²) in [6, 6.07) is 9.71. The second-order valence-electron chi connectivity index (χ2n) is 4.51. The van der Waals surface area contributed by atoms with Crippen LogP contribution in [0.3, 0.4) is 0 Å². The minimum absolute atomic E-state index is 0.0426. The molecule has 0 saturated heterocycles. The van der Waals surface area contributed by atoms with Crippen molar-refractivity contribution in [2.24, 2.45) is 0 Å². The number of hydrogen-bond donors (Lipinski definition) is 1. The number of carbonyl (C=O) groups is 1. The van der Waals surface area contributed by atoms with E-state index in [9.17, 15) is 9.90 Å². The van der Waals surface area contributed by atoms with Crippen molar-refractivity contribution in [3.8, 4) is 0 Å². The quantitative estimate of drug-likeness (QED) is 0.896. The van der Waals surface area contributed by atoms with Crippen molar-refractivity contribution in [1.29, 1.82) is 0 Å². The Bertz CT molecular complexity index is 390. The van der Waals surface area contributed by atoms with Crippen LogP contribution in [0.4, 0.5) is 0 Å². The summed E-state index contributed by atoms with van der Waals surface area (Å²) in [6.07, 6.45) is 1.59. The van der Waals surface area contributed by atoms with E-state index >= 15 is 0 Å². The molecular weight excluding hydrogens is 232 g/mol. The molecule has 1 aromatic rings. The van der Waals surface area contributed by atoms with Gasteiger partial charge in [-0.1, -0.05) is 37.3 Å². The van der Waals surface area contributed by atoms with Crippen LogP contribution in [-0.2, 0) is 10.4 Å². The van der Waals surface area contributed by atoms with Crippen molar-refractivity contribution in [2.75, 3.05) is 5.75 Å². The molecule has 0 heterocycles. The molecule has 0 aliphatic heterocycles. The number of rotatable bonds is 3. The average Bonchev–Trinajstić information content (AvgIpc) is 2.36. The molecule has 2 nitrogen and oxygen atoms in total. The number of aliphatic hydroxyl groups is 1. The first-order valence-electron chi connectivity index (χ1n) is 6.08.